The molecule has 7 heteroatoms. The van der Waals surface area contributed by atoms with Gasteiger partial charge in [0.25, 0.3) is 0 Å². The fraction of sp³-hybridized carbons (Fsp3) is 0.214. The van der Waals surface area contributed by atoms with Gasteiger partial charge in [-0.3, -0.25) is 0 Å². The van der Waals surface area contributed by atoms with Gasteiger partial charge in [0.1, 0.15) is 23.1 Å². The number of nitrogens with zero attached hydrogens (tertiary/aromatic N) is 2. The number of halogens is 3. The van der Waals surface area contributed by atoms with E-state index >= 15 is 0 Å². The minimum absolute atomic E-state index is 0.239. The summed E-state index contributed by atoms with van der Waals surface area (Å²) < 4.78 is 42.2. The first-order valence-electron chi connectivity index (χ1n) is 5.94. The molecule has 0 aliphatic carbocycles. The molecular weight excluding hydrogens is 283 g/mol. The third-order valence-corrected chi connectivity index (χ3v) is 2.79. The number of rotatable bonds is 3. The third kappa shape index (κ3) is 3.28. The second-order valence-electron chi connectivity index (χ2n) is 4.26. The highest BCUT2D eigenvalue weighted by Crippen LogP contribution is 2.30. The summed E-state index contributed by atoms with van der Waals surface area (Å²) in [6.07, 6.45) is 0.493. The number of nitrogens with two attached hydrogens (primary N) is 1. The molecule has 0 aliphatic rings. The van der Waals surface area contributed by atoms with E-state index in [9.17, 15) is 13.2 Å². The van der Waals surface area contributed by atoms with Crippen LogP contribution in [-0.2, 0) is 6.54 Å². The monoisotopic (exact) mass is 295 g/mol. The first kappa shape index (κ1) is 14.8. The van der Waals surface area contributed by atoms with Gasteiger partial charge in [-0.15, -0.1) is 19.6 Å². The number of anilines is 1. The SMILES string of the molecule is C#CCn1c(C)nc(-c2cccc(OC(F)(F)F)c2)c1N. The van der Waals surface area contributed by atoms with Crippen LogP contribution in [0.3, 0.4) is 0 Å². The Hall–Kier alpha value is -2.62. The van der Waals surface area contributed by atoms with Crippen molar-refractivity contribution in [1.29, 1.82) is 0 Å². The minimum atomic E-state index is -4.75. The number of aromatic nitrogens is 2. The number of benzene rings is 1. The lowest BCUT2D eigenvalue weighted by Gasteiger charge is -2.09. The highest BCUT2D eigenvalue weighted by atomic mass is 19.4. The lowest BCUT2D eigenvalue weighted by molar-refractivity contribution is -0.274. The Morgan fingerprint density at radius 3 is 2.76 bits per heavy atom. The molecule has 0 amide bonds. The Balaban J connectivity index is 2.42. The van der Waals surface area contributed by atoms with Crippen molar-refractivity contribution in [2.24, 2.45) is 0 Å². The summed E-state index contributed by atoms with van der Waals surface area (Å²) in [6, 6.07) is 5.47. The molecule has 0 atom stereocenters. The van der Waals surface area contributed by atoms with Crippen LogP contribution in [0.1, 0.15) is 5.82 Å². The largest absolute Gasteiger partial charge is 0.573 e. The molecule has 0 saturated heterocycles. The van der Waals surface area contributed by atoms with E-state index in [-0.39, 0.29) is 12.3 Å². The molecule has 0 spiro atoms. The van der Waals surface area contributed by atoms with Crippen molar-refractivity contribution in [3.63, 3.8) is 0 Å². The molecule has 0 unspecified atom stereocenters. The molecule has 0 radical (unpaired) electrons. The van der Waals surface area contributed by atoms with Gasteiger partial charge >= 0.3 is 6.36 Å². The van der Waals surface area contributed by atoms with Crippen molar-refractivity contribution in [3.05, 3.63) is 30.1 Å². The summed E-state index contributed by atoms with van der Waals surface area (Å²) in [5, 5.41) is 0. The van der Waals surface area contributed by atoms with E-state index < -0.39 is 6.36 Å². The summed E-state index contributed by atoms with van der Waals surface area (Å²) in [5.74, 6) is 3.00. The number of terminal acetylenes is 1. The molecule has 2 aromatic rings. The van der Waals surface area contributed by atoms with Crippen LogP contribution >= 0.6 is 0 Å². The first-order chi connectivity index (χ1) is 9.81. The topological polar surface area (TPSA) is 53.1 Å². The van der Waals surface area contributed by atoms with Gasteiger partial charge in [-0.05, 0) is 19.1 Å². The fourth-order valence-corrected chi connectivity index (χ4v) is 1.93. The number of ether oxygens (including phenoxy) is 1. The maximum atomic E-state index is 12.2. The van der Waals surface area contributed by atoms with Crippen molar-refractivity contribution < 1.29 is 17.9 Å². The second-order valence-corrected chi connectivity index (χ2v) is 4.26. The van der Waals surface area contributed by atoms with Crippen molar-refractivity contribution >= 4 is 5.82 Å². The Kier molecular flexibility index (Phi) is 3.80. The highest BCUT2D eigenvalue weighted by molar-refractivity contribution is 5.72. The Morgan fingerprint density at radius 2 is 2.14 bits per heavy atom. The van der Waals surface area contributed by atoms with E-state index in [1.165, 1.54) is 18.2 Å². The lowest BCUT2D eigenvalue weighted by Crippen LogP contribution is -2.17. The zero-order chi connectivity index (χ0) is 15.6. The summed E-state index contributed by atoms with van der Waals surface area (Å²) in [4.78, 5) is 4.24. The number of hydrogen-bond donors (Lipinski definition) is 1. The third-order valence-electron chi connectivity index (χ3n) is 2.79. The molecule has 0 saturated carbocycles. The molecule has 2 rings (SSSR count). The second kappa shape index (κ2) is 5.40. The van der Waals surface area contributed by atoms with E-state index in [1.807, 2.05) is 0 Å². The average Bonchev–Trinajstić information content (AvgIpc) is 2.65. The van der Waals surface area contributed by atoms with Crippen LogP contribution in [0.4, 0.5) is 19.0 Å². The van der Waals surface area contributed by atoms with Gasteiger partial charge in [-0.1, -0.05) is 18.1 Å². The van der Waals surface area contributed by atoms with E-state index in [2.05, 4.69) is 15.6 Å². The van der Waals surface area contributed by atoms with Gasteiger partial charge in [-0.25, -0.2) is 4.98 Å². The summed E-state index contributed by atoms with van der Waals surface area (Å²) in [5.41, 5.74) is 6.74. The summed E-state index contributed by atoms with van der Waals surface area (Å²) in [7, 11) is 0. The van der Waals surface area contributed by atoms with E-state index in [4.69, 9.17) is 12.2 Å². The van der Waals surface area contributed by atoms with Gasteiger partial charge in [0, 0.05) is 5.56 Å². The maximum Gasteiger partial charge on any atom is 0.573 e. The predicted octanol–water partition coefficient (Wildman–Crippen LogP) is 2.97. The molecule has 0 bridgehead atoms. The van der Waals surface area contributed by atoms with Gasteiger partial charge in [-0.2, -0.15) is 0 Å². The molecule has 110 valence electrons. The average molecular weight is 295 g/mol. The van der Waals surface area contributed by atoms with E-state index in [0.29, 0.717) is 22.9 Å². The Labute approximate surface area is 119 Å². The smallest absolute Gasteiger partial charge is 0.406 e. The molecule has 2 N–H and O–H groups in total. The number of imidazole rings is 1. The lowest BCUT2D eigenvalue weighted by atomic mass is 10.1. The quantitative estimate of drug-likeness (QED) is 0.886. The van der Waals surface area contributed by atoms with Crippen molar-refractivity contribution in [2.75, 3.05) is 5.73 Å². The summed E-state index contributed by atoms with van der Waals surface area (Å²) >= 11 is 0. The van der Waals surface area contributed by atoms with Crippen LogP contribution in [0.5, 0.6) is 5.75 Å². The zero-order valence-corrected chi connectivity index (χ0v) is 11.1. The number of aryl methyl sites for hydroxylation is 1. The zero-order valence-electron chi connectivity index (χ0n) is 11.1. The first-order valence-corrected chi connectivity index (χ1v) is 5.94. The Bertz CT molecular complexity index is 698. The molecule has 4 nitrogen and oxygen atoms in total. The number of hydrogen-bond acceptors (Lipinski definition) is 3. The molecule has 1 aromatic heterocycles. The molecular formula is C14H12F3N3O. The van der Waals surface area contributed by atoms with E-state index in [1.54, 1.807) is 17.6 Å². The Morgan fingerprint density at radius 1 is 1.43 bits per heavy atom. The predicted molar refractivity (Wildman–Crippen MR) is 72.3 cm³/mol. The van der Waals surface area contributed by atoms with Crippen LogP contribution < -0.4 is 10.5 Å². The standard InChI is InChI=1S/C14H12F3N3O/c1-3-7-20-9(2)19-12(13(20)18)10-5-4-6-11(8-10)21-14(15,16)17/h1,4-6,8H,7,18H2,2H3. The number of alkyl halides is 3. The van der Waals surface area contributed by atoms with Crippen molar-refractivity contribution in [1.82, 2.24) is 9.55 Å². The molecule has 1 heterocycles. The molecule has 21 heavy (non-hydrogen) atoms. The highest BCUT2D eigenvalue weighted by Gasteiger charge is 2.31. The van der Waals surface area contributed by atoms with Gasteiger partial charge in [0.05, 0.1) is 6.54 Å². The van der Waals surface area contributed by atoms with Crippen LogP contribution in [0.2, 0.25) is 0 Å². The molecule has 1 aromatic carbocycles. The van der Waals surface area contributed by atoms with Crippen LogP contribution in [0.15, 0.2) is 24.3 Å². The molecule has 0 aliphatic heterocycles. The minimum Gasteiger partial charge on any atom is -0.406 e. The van der Waals surface area contributed by atoms with Gasteiger partial charge < -0.3 is 15.0 Å². The summed E-state index contributed by atoms with van der Waals surface area (Å²) in [6.45, 7) is 1.96. The number of nitrogen functional groups attached to an aromatic ring is 1. The van der Waals surface area contributed by atoms with E-state index in [0.717, 1.165) is 0 Å². The molecule has 0 fully saturated rings. The normalized spacial score (nSPS) is 11.2. The van der Waals surface area contributed by atoms with Crippen molar-refractivity contribution in [3.8, 4) is 29.4 Å². The fourth-order valence-electron chi connectivity index (χ4n) is 1.93. The van der Waals surface area contributed by atoms with Gasteiger partial charge in [0.15, 0.2) is 0 Å². The van der Waals surface area contributed by atoms with Crippen LogP contribution in [0, 0.1) is 19.3 Å². The van der Waals surface area contributed by atoms with Crippen LogP contribution in [0.25, 0.3) is 11.3 Å². The maximum absolute atomic E-state index is 12.2. The van der Waals surface area contributed by atoms with Crippen LogP contribution in [-0.4, -0.2) is 15.9 Å². The van der Waals surface area contributed by atoms with Crippen molar-refractivity contribution in [2.45, 2.75) is 19.8 Å². The van der Waals surface area contributed by atoms with Gasteiger partial charge in [0.2, 0.25) is 0 Å².